The van der Waals surface area contributed by atoms with Gasteiger partial charge in [-0.3, -0.25) is 0 Å². The number of hydrogen-bond donors (Lipinski definition) is 1. The maximum atomic E-state index is 5.85. The second-order valence-corrected chi connectivity index (χ2v) is 3.51. The molecule has 0 aliphatic rings. The number of benzene rings is 1. The Morgan fingerprint density at radius 1 is 1.17 bits per heavy atom. The standard InChI is InChI=1S/C7H3Cl3N2/c8-3-1-4(9)6-5(2-3)11-7(10)12-6/h1-2H,(H,11,12). The third kappa shape index (κ3) is 1.26. The van der Waals surface area contributed by atoms with E-state index in [1.807, 2.05) is 0 Å². The molecule has 12 heavy (non-hydrogen) atoms. The summed E-state index contributed by atoms with van der Waals surface area (Å²) < 4.78 is 0. The number of hydrogen-bond acceptors (Lipinski definition) is 1. The van der Waals surface area contributed by atoms with Gasteiger partial charge in [0.15, 0.2) is 0 Å². The summed E-state index contributed by atoms with van der Waals surface area (Å²) in [6.07, 6.45) is 0. The minimum Gasteiger partial charge on any atom is -0.328 e. The van der Waals surface area contributed by atoms with Crippen molar-refractivity contribution in [2.45, 2.75) is 0 Å². The molecule has 2 nitrogen and oxygen atoms in total. The van der Waals surface area contributed by atoms with E-state index in [4.69, 9.17) is 34.8 Å². The molecule has 0 bridgehead atoms. The van der Waals surface area contributed by atoms with Crippen LogP contribution < -0.4 is 0 Å². The maximum absolute atomic E-state index is 5.85. The highest BCUT2D eigenvalue weighted by atomic mass is 35.5. The van der Waals surface area contributed by atoms with Gasteiger partial charge in [0.1, 0.15) is 5.52 Å². The first-order valence-electron chi connectivity index (χ1n) is 3.17. The summed E-state index contributed by atoms with van der Waals surface area (Å²) in [5.41, 5.74) is 1.39. The van der Waals surface area contributed by atoms with Gasteiger partial charge in [-0.25, -0.2) is 4.98 Å². The molecule has 2 rings (SSSR count). The summed E-state index contributed by atoms with van der Waals surface area (Å²) in [5.74, 6) is 0. The molecule has 0 saturated carbocycles. The van der Waals surface area contributed by atoms with Crippen molar-refractivity contribution in [1.29, 1.82) is 0 Å². The average molecular weight is 221 g/mol. The molecule has 1 aromatic heterocycles. The zero-order valence-corrected chi connectivity index (χ0v) is 8.00. The van der Waals surface area contributed by atoms with Crippen LogP contribution in [-0.4, -0.2) is 9.97 Å². The highest BCUT2D eigenvalue weighted by Gasteiger charge is 2.05. The van der Waals surface area contributed by atoms with Crippen LogP contribution in [0.1, 0.15) is 0 Å². The summed E-state index contributed by atoms with van der Waals surface area (Å²) in [7, 11) is 0. The normalized spacial score (nSPS) is 10.9. The van der Waals surface area contributed by atoms with Gasteiger partial charge in [-0.1, -0.05) is 23.2 Å². The van der Waals surface area contributed by atoms with Crippen LogP contribution in [0.2, 0.25) is 15.3 Å². The van der Waals surface area contributed by atoms with Crippen molar-refractivity contribution in [3.63, 3.8) is 0 Å². The fraction of sp³-hybridized carbons (Fsp3) is 0. The number of aromatic nitrogens is 2. The van der Waals surface area contributed by atoms with Gasteiger partial charge >= 0.3 is 0 Å². The van der Waals surface area contributed by atoms with Crippen molar-refractivity contribution in [3.8, 4) is 0 Å². The molecule has 0 atom stereocenters. The van der Waals surface area contributed by atoms with E-state index in [9.17, 15) is 0 Å². The van der Waals surface area contributed by atoms with Crippen LogP contribution in [0.15, 0.2) is 12.1 Å². The number of imidazole rings is 1. The molecular weight excluding hydrogens is 218 g/mol. The van der Waals surface area contributed by atoms with Crippen molar-refractivity contribution in [2.75, 3.05) is 0 Å². The molecule has 62 valence electrons. The summed E-state index contributed by atoms with van der Waals surface area (Å²) in [4.78, 5) is 6.80. The van der Waals surface area contributed by atoms with E-state index >= 15 is 0 Å². The molecule has 5 heteroatoms. The van der Waals surface area contributed by atoms with Gasteiger partial charge in [0.05, 0.1) is 10.5 Å². The first kappa shape index (κ1) is 8.17. The zero-order valence-electron chi connectivity index (χ0n) is 5.74. The van der Waals surface area contributed by atoms with Gasteiger partial charge < -0.3 is 4.98 Å². The van der Waals surface area contributed by atoms with E-state index in [0.717, 1.165) is 5.52 Å². The lowest BCUT2D eigenvalue weighted by Gasteiger charge is -1.92. The van der Waals surface area contributed by atoms with Crippen LogP contribution in [0.3, 0.4) is 0 Å². The van der Waals surface area contributed by atoms with E-state index in [0.29, 0.717) is 20.8 Å². The predicted octanol–water partition coefficient (Wildman–Crippen LogP) is 3.52. The molecule has 0 fully saturated rings. The number of fused-ring (bicyclic) bond motifs is 1. The van der Waals surface area contributed by atoms with Crippen molar-refractivity contribution < 1.29 is 0 Å². The van der Waals surface area contributed by atoms with Crippen molar-refractivity contribution in [1.82, 2.24) is 9.97 Å². The fourth-order valence-electron chi connectivity index (χ4n) is 1.01. The Bertz CT molecular complexity index is 435. The first-order valence-corrected chi connectivity index (χ1v) is 4.30. The van der Waals surface area contributed by atoms with Crippen LogP contribution in [0.25, 0.3) is 11.0 Å². The van der Waals surface area contributed by atoms with Crippen molar-refractivity contribution in [2.24, 2.45) is 0 Å². The second kappa shape index (κ2) is 2.80. The monoisotopic (exact) mass is 220 g/mol. The van der Waals surface area contributed by atoms with Gasteiger partial charge in [0.25, 0.3) is 0 Å². The summed E-state index contributed by atoms with van der Waals surface area (Å²) in [6.45, 7) is 0. The van der Waals surface area contributed by atoms with Crippen LogP contribution >= 0.6 is 34.8 Å². The topological polar surface area (TPSA) is 28.7 Å². The van der Waals surface area contributed by atoms with Crippen molar-refractivity contribution in [3.05, 3.63) is 27.5 Å². The van der Waals surface area contributed by atoms with Crippen LogP contribution in [-0.2, 0) is 0 Å². The fourth-order valence-corrected chi connectivity index (χ4v) is 1.73. The highest BCUT2D eigenvalue weighted by molar-refractivity contribution is 6.38. The number of rotatable bonds is 0. The highest BCUT2D eigenvalue weighted by Crippen LogP contribution is 2.26. The average Bonchev–Trinajstić information content (AvgIpc) is 2.29. The lowest BCUT2D eigenvalue weighted by Crippen LogP contribution is -1.71. The molecule has 0 aliphatic heterocycles. The smallest absolute Gasteiger partial charge is 0.201 e. The van der Waals surface area contributed by atoms with Gasteiger partial charge in [0, 0.05) is 5.02 Å². The van der Waals surface area contributed by atoms with E-state index in [1.165, 1.54) is 0 Å². The van der Waals surface area contributed by atoms with Gasteiger partial charge in [0.2, 0.25) is 5.28 Å². The lowest BCUT2D eigenvalue weighted by atomic mass is 10.3. The summed E-state index contributed by atoms with van der Waals surface area (Å²) in [6, 6.07) is 3.35. The SMILES string of the molecule is Clc1cc(Cl)c2nc(Cl)[nH]c2c1. The maximum Gasteiger partial charge on any atom is 0.201 e. The van der Waals surface area contributed by atoms with E-state index < -0.39 is 0 Å². The Morgan fingerprint density at radius 3 is 2.67 bits per heavy atom. The lowest BCUT2D eigenvalue weighted by molar-refractivity contribution is 1.34. The second-order valence-electron chi connectivity index (χ2n) is 2.31. The van der Waals surface area contributed by atoms with Gasteiger partial charge in [-0.2, -0.15) is 0 Å². The Labute approximate surface area is 83.5 Å². The molecule has 0 saturated heterocycles. The number of H-pyrrole nitrogens is 1. The molecule has 1 heterocycles. The Balaban J connectivity index is 2.88. The molecule has 0 spiro atoms. The Morgan fingerprint density at radius 2 is 1.92 bits per heavy atom. The Hall–Kier alpha value is -0.440. The third-order valence-electron chi connectivity index (χ3n) is 1.48. The Kier molecular flexibility index (Phi) is 1.91. The van der Waals surface area contributed by atoms with Gasteiger partial charge in [-0.15, -0.1) is 0 Å². The number of nitrogens with one attached hydrogen (secondary N) is 1. The molecule has 0 unspecified atom stereocenters. The van der Waals surface area contributed by atoms with Gasteiger partial charge in [-0.05, 0) is 23.7 Å². The molecule has 0 radical (unpaired) electrons. The summed E-state index contributed by atoms with van der Waals surface area (Å²) >= 11 is 17.2. The molecular formula is C7H3Cl3N2. The van der Waals surface area contributed by atoms with Crippen LogP contribution in [0, 0.1) is 0 Å². The van der Waals surface area contributed by atoms with E-state index in [-0.39, 0.29) is 0 Å². The minimum absolute atomic E-state index is 0.314. The third-order valence-corrected chi connectivity index (χ3v) is 2.16. The van der Waals surface area contributed by atoms with E-state index in [1.54, 1.807) is 12.1 Å². The number of nitrogens with zero attached hydrogens (tertiary/aromatic N) is 1. The minimum atomic E-state index is 0.314. The molecule has 2 aromatic rings. The van der Waals surface area contributed by atoms with Crippen molar-refractivity contribution >= 4 is 45.8 Å². The number of halogens is 3. The van der Waals surface area contributed by atoms with E-state index in [2.05, 4.69) is 9.97 Å². The molecule has 0 aliphatic carbocycles. The zero-order chi connectivity index (χ0) is 8.72. The molecule has 1 aromatic carbocycles. The summed E-state index contributed by atoms with van der Waals surface area (Å²) in [5, 5.41) is 1.38. The van der Waals surface area contributed by atoms with Crippen LogP contribution in [0.4, 0.5) is 0 Å². The quantitative estimate of drug-likeness (QED) is 0.724. The molecule has 1 N–H and O–H groups in total. The van der Waals surface area contributed by atoms with Crippen LogP contribution in [0.5, 0.6) is 0 Å². The molecule has 0 amide bonds. The first-order chi connectivity index (χ1) is 5.66. The number of aromatic amines is 1. The predicted molar refractivity (Wildman–Crippen MR) is 51.1 cm³/mol. The largest absolute Gasteiger partial charge is 0.328 e.